The summed E-state index contributed by atoms with van der Waals surface area (Å²) in [7, 11) is 2.12. The molecule has 1 aromatic carbocycles. The molecule has 4 rings (SSSR count). The number of alkyl halides is 3. The van der Waals surface area contributed by atoms with Gasteiger partial charge in [0.2, 0.25) is 5.88 Å². The van der Waals surface area contributed by atoms with Crippen molar-refractivity contribution in [3.63, 3.8) is 0 Å². The van der Waals surface area contributed by atoms with E-state index in [2.05, 4.69) is 27.4 Å². The number of hydrogen-bond acceptors (Lipinski definition) is 8. The van der Waals surface area contributed by atoms with Crippen LogP contribution in [0.2, 0.25) is 0 Å². The third-order valence-electron chi connectivity index (χ3n) is 6.69. The number of aromatic nitrogens is 1. The number of piperidine rings is 1. The first-order valence-electron chi connectivity index (χ1n) is 12.5. The molecule has 2 saturated heterocycles. The zero-order valence-corrected chi connectivity index (χ0v) is 21.1. The summed E-state index contributed by atoms with van der Waals surface area (Å²) in [6.07, 6.45) is 0.0355. The van der Waals surface area contributed by atoms with Crippen molar-refractivity contribution in [3.05, 3.63) is 29.5 Å². The van der Waals surface area contributed by atoms with Crippen LogP contribution in [0.5, 0.6) is 11.5 Å². The summed E-state index contributed by atoms with van der Waals surface area (Å²) in [6, 6.07) is 3.85. The van der Waals surface area contributed by atoms with Crippen LogP contribution in [0.25, 0.3) is 0 Å². The summed E-state index contributed by atoms with van der Waals surface area (Å²) in [6.45, 7) is 5.60. The molecule has 9 nitrogen and oxygen atoms in total. The van der Waals surface area contributed by atoms with Gasteiger partial charge in [0.15, 0.2) is 5.69 Å². The predicted molar refractivity (Wildman–Crippen MR) is 133 cm³/mol. The molecular formula is C25H34F3N5O4. The topological polar surface area (TPSA) is 107 Å². The van der Waals surface area contributed by atoms with E-state index in [1.807, 2.05) is 6.07 Å². The number of ether oxygens (including phenoxy) is 3. The molecule has 3 N–H and O–H groups in total. The Bertz CT molecular complexity index is 1050. The lowest BCUT2D eigenvalue weighted by Crippen LogP contribution is -2.32. The highest BCUT2D eigenvalue weighted by atomic mass is 19.4. The lowest BCUT2D eigenvalue weighted by Gasteiger charge is -2.29. The van der Waals surface area contributed by atoms with Gasteiger partial charge in [-0.2, -0.15) is 13.2 Å². The molecule has 3 heterocycles. The van der Waals surface area contributed by atoms with Gasteiger partial charge >= 0.3 is 6.18 Å². The minimum atomic E-state index is -4.61. The first kappa shape index (κ1) is 27.1. The molecule has 0 amide bonds. The fourth-order valence-corrected chi connectivity index (χ4v) is 4.57. The molecule has 12 heteroatoms. The Morgan fingerprint density at radius 3 is 2.59 bits per heavy atom. The quantitative estimate of drug-likeness (QED) is 0.356. The van der Waals surface area contributed by atoms with Crippen molar-refractivity contribution in [2.24, 2.45) is 16.6 Å². The van der Waals surface area contributed by atoms with Crippen molar-refractivity contribution in [1.82, 2.24) is 10.1 Å². The minimum absolute atomic E-state index is 0.0827. The number of nitrogens with one attached hydrogen (secondary N) is 1. The van der Waals surface area contributed by atoms with Gasteiger partial charge in [-0.05, 0) is 45.8 Å². The molecule has 0 saturated carbocycles. The number of halogens is 3. The van der Waals surface area contributed by atoms with Crippen molar-refractivity contribution in [2.75, 3.05) is 45.3 Å². The molecule has 2 aliphatic heterocycles. The van der Waals surface area contributed by atoms with E-state index in [4.69, 9.17) is 24.5 Å². The van der Waals surface area contributed by atoms with Gasteiger partial charge < -0.3 is 34.7 Å². The Labute approximate surface area is 214 Å². The zero-order chi connectivity index (χ0) is 26.4. The van der Waals surface area contributed by atoms with E-state index in [9.17, 15) is 13.2 Å². The largest absolute Gasteiger partial charge is 0.493 e. The van der Waals surface area contributed by atoms with Crippen LogP contribution >= 0.6 is 0 Å². The second-order valence-corrected chi connectivity index (χ2v) is 9.56. The van der Waals surface area contributed by atoms with Crippen molar-refractivity contribution < 1.29 is 31.9 Å². The summed E-state index contributed by atoms with van der Waals surface area (Å²) in [5.41, 5.74) is 5.64. The van der Waals surface area contributed by atoms with E-state index in [0.717, 1.165) is 32.0 Å². The van der Waals surface area contributed by atoms with E-state index >= 15 is 0 Å². The monoisotopic (exact) mass is 525 g/mol. The van der Waals surface area contributed by atoms with Gasteiger partial charge in [0.1, 0.15) is 17.6 Å². The number of benzene rings is 1. The van der Waals surface area contributed by atoms with Crippen LogP contribution in [0.3, 0.4) is 0 Å². The molecular weight excluding hydrogens is 491 g/mol. The second-order valence-electron chi connectivity index (χ2n) is 9.56. The van der Waals surface area contributed by atoms with Crippen LogP contribution in [0.15, 0.2) is 27.7 Å². The van der Waals surface area contributed by atoms with Gasteiger partial charge in [-0.1, -0.05) is 5.16 Å². The summed E-state index contributed by atoms with van der Waals surface area (Å²) in [5, 5.41) is 6.06. The molecule has 0 spiro atoms. The number of aliphatic imine (C=N–C) groups is 1. The summed E-state index contributed by atoms with van der Waals surface area (Å²) in [5.74, 6) is 1.44. The Morgan fingerprint density at radius 1 is 1.22 bits per heavy atom. The second kappa shape index (κ2) is 12.0. The lowest BCUT2D eigenvalue weighted by atomic mass is 9.98. The average molecular weight is 526 g/mol. The van der Waals surface area contributed by atoms with Gasteiger partial charge in [0, 0.05) is 36.6 Å². The van der Waals surface area contributed by atoms with Crippen molar-refractivity contribution in [2.45, 2.75) is 50.9 Å². The molecule has 0 radical (unpaired) electrons. The number of rotatable bonds is 9. The Hall–Kier alpha value is -2.99. The number of nitrogens with two attached hydrogens (primary N) is 1. The third-order valence-corrected chi connectivity index (χ3v) is 6.69. The van der Waals surface area contributed by atoms with Gasteiger partial charge in [0.25, 0.3) is 0 Å². The SMILES string of the molecule is CC(Nc1cc(C(F)(F)F)no1)c1c(N=CN)cc(OCC2CCN(C)CC2)cc1OC1CCOCC1. The fourth-order valence-electron chi connectivity index (χ4n) is 4.57. The van der Waals surface area contributed by atoms with Crippen molar-refractivity contribution in [1.29, 1.82) is 0 Å². The number of nitrogens with zero attached hydrogens (tertiary/aromatic N) is 3. The molecule has 2 aliphatic rings. The third kappa shape index (κ3) is 7.29. The molecule has 1 aromatic heterocycles. The number of likely N-dealkylation sites (tertiary alicyclic amines) is 1. The van der Waals surface area contributed by atoms with E-state index in [-0.39, 0.29) is 12.0 Å². The van der Waals surface area contributed by atoms with Crippen LogP contribution in [0.1, 0.15) is 49.9 Å². The average Bonchev–Trinajstić information content (AvgIpc) is 3.33. The molecule has 37 heavy (non-hydrogen) atoms. The van der Waals surface area contributed by atoms with Gasteiger partial charge in [0.05, 0.1) is 37.9 Å². The molecule has 2 fully saturated rings. The molecule has 1 unspecified atom stereocenters. The Balaban J connectivity index is 1.60. The van der Waals surface area contributed by atoms with E-state index in [1.54, 1.807) is 13.0 Å². The van der Waals surface area contributed by atoms with Crippen LogP contribution in [-0.4, -0.2) is 62.5 Å². The van der Waals surface area contributed by atoms with Crippen LogP contribution in [-0.2, 0) is 10.9 Å². The molecule has 204 valence electrons. The molecule has 2 aromatic rings. The van der Waals surface area contributed by atoms with Gasteiger partial charge in [-0.3, -0.25) is 0 Å². The molecule has 0 aliphatic carbocycles. The van der Waals surface area contributed by atoms with Gasteiger partial charge in [-0.15, -0.1) is 0 Å². The van der Waals surface area contributed by atoms with E-state index in [0.29, 0.717) is 61.3 Å². The van der Waals surface area contributed by atoms with Crippen molar-refractivity contribution in [3.8, 4) is 11.5 Å². The minimum Gasteiger partial charge on any atom is -0.493 e. The normalized spacial score (nSPS) is 19.3. The van der Waals surface area contributed by atoms with E-state index < -0.39 is 17.9 Å². The predicted octanol–water partition coefficient (Wildman–Crippen LogP) is 4.76. The van der Waals surface area contributed by atoms with Crippen LogP contribution in [0.4, 0.5) is 24.7 Å². The highest BCUT2D eigenvalue weighted by molar-refractivity contribution is 5.67. The molecule has 1 atom stereocenters. The zero-order valence-electron chi connectivity index (χ0n) is 21.1. The number of hydrogen-bond donors (Lipinski definition) is 2. The summed E-state index contributed by atoms with van der Waals surface area (Å²) in [4.78, 5) is 6.63. The van der Waals surface area contributed by atoms with E-state index in [1.165, 1.54) is 6.34 Å². The molecule has 0 bridgehead atoms. The standard InChI is InChI=1S/C25H34F3N5O4/c1-16(31-23-13-22(32-37-23)25(26,27)28)24-20(30-15-29)11-19(35-14-17-3-7-33(2)8-4-17)12-21(24)36-18-5-9-34-10-6-18/h11-13,15-18,31H,3-10,14H2,1-2H3,(H2,29,30). The van der Waals surface area contributed by atoms with Crippen molar-refractivity contribution >= 4 is 17.9 Å². The van der Waals surface area contributed by atoms with Crippen LogP contribution in [0, 0.1) is 5.92 Å². The maximum atomic E-state index is 13.0. The van der Waals surface area contributed by atoms with Gasteiger partial charge in [-0.25, -0.2) is 4.99 Å². The number of anilines is 1. The maximum Gasteiger partial charge on any atom is 0.436 e. The van der Waals surface area contributed by atoms with Crippen LogP contribution < -0.4 is 20.5 Å². The first-order valence-corrected chi connectivity index (χ1v) is 12.5. The highest BCUT2D eigenvalue weighted by Gasteiger charge is 2.35. The lowest BCUT2D eigenvalue weighted by molar-refractivity contribution is -0.142. The fraction of sp³-hybridized carbons (Fsp3) is 0.600. The summed E-state index contributed by atoms with van der Waals surface area (Å²) < 4.78 is 61.9. The Kier molecular flexibility index (Phi) is 8.80. The summed E-state index contributed by atoms with van der Waals surface area (Å²) >= 11 is 0. The highest BCUT2D eigenvalue weighted by Crippen LogP contribution is 2.41. The first-order chi connectivity index (χ1) is 17.7. The smallest absolute Gasteiger partial charge is 0.436 e. The maximum absolute atomic E-state index is 13.0. The Morgan fingerprint density at radius 2 is 1.95 bits per heavy atom.